The zero-order valence-corrected chi connectivity index (χ0v) is 17.8. The number of benzene rings is 2. The zero-order chi connectivity index (χ0) is 21.9. The lowest BCUT2D eigenvalue weighted by Crippen LogP contribution is -2.31. The molecule has 9 nitrogen and oxygen atoms in total. The summed E-state index contributed by atoms with van der Waals surface area (Å²) in [4.78, 5) is 22.9. The van der Waals surface area contributed by atoms with Gasteiger partial charge >= 0.3 is 0 Å². The largest absolute Gasteiger partial charge is 0.326 e. The lowest BCUT2D eigenvalue weighted by atomic mass is 10.2. The lowest BCUT2D eigenvalue weighted by Gasteiger charge is -2.16. The molecule has 0 saturated carbocycles. The summed E-state index contributed by atoms with van der Waals surface area (Å²) < 4.78 is 53.9. The van der Waals surface area contributed by atoms with Crippen molar-refractivity contribution in [3.05, 3.63) is 54.1 Å². The first-order valence-corrected chi connectivity index (χ1v) is 12.1. The van der Waals surface area contributed by atoms with Crippen molar-refractivity contribution in [2.75, 3.05) is 18.4 Å². The van der Waals surface area contributed by atoms with Gasteiger partial charge in [0.15, 0.2) is 0 Å². The van der Waals surface area contributed by atoms with Crippen molar-refractivity contribution in [3.8, 4) is 0 Å². The Balaban J connectivity index is 1.80. The van der Waals surface area contributed by atoms with Crippen LogP contribution in [-0.4, -0.2) is 46.0 Å². The first-order valence-electron chi connectivity index (χ1n) is 9.15. The van der Waals surface area contributed by atoms with E-state index in [1.54, 1.807) is 0 Å². The molecule has 3 rings (SSSR count). The van der Waals surface area contributed by atoms with Crippen LogP contribution in [0.2, 0.25) is 0 Å². The predicted octanol–water partition coefficient (Wildman–Crippen LogP) is 1.55. The molecular weight excluding hydrogens is 430 g/mol. The second kappa shape index (κ2) is 8.54. The van der Waals surface area contributed by atoms with Crippen LogP contribution in [0, 0.1) is 0 Å². The number of nitrogens with one attached hydrogen (secondary N) is 2. The Morgan fingerprint density at radius 3 is 2.10 bits per heavy atom. The van der Waals surface area contributed by atoms with E-state index in [0.717, 1.165) is 18.9 Å². The molecule has 0 atom stereocenters. The van der Waals surface area contributed by atoms with E-state index in [-0.39, 0.29) is 21.3 Å². The fourth-order valence-corrected chi connectivity index (χ4v) is 5.69. The van der Waals surface area contributed by atoms with Crippen molar-refractivity contribution >= 4 is 37.5 Å². The molecule has 0 aromatic heterocycles. The van der Waals surface area contributed by atoms with Crippen LogP contribution in [0.25, 0.3) is 0 Å². The van der Waals surface area contributed by atoms with Gasteiger partial charge in [0.1, 0.15) is 0 Å². The fraction of sp³-hybridized carbons (Fsp3) is 0.263. The molecule has 2 aromatic carbocycles. The summed E-state index contributed by atoms with van der Waals surface area (Å²) in [5.41, 5.74) is 0.523. The number of carbonyl (C=O) groups excluding carboxylic acids is 2. The van der Waals surface area contributed by atoms with Gasteiger partial charge in [-0.1, -0.05) is 6.07 Å². The topological polar surface area (TPSA) is 130 Å². The highest BCUT2D eigenvalue weighted by Gasteiger charge is 2.28. The number of amides is 2. The first-order chi connectivity index (χ1) is 14.1. The van der Waals surface area contributed by atoms with Crippen LogP contribution in [0.3, 0.4) is 0 Å². The summed E-state index contributed by atoms with van der Waals surface area (Å²) in [6, 6.07) is 10.6. The number of hydrogen-bond donors (Lipinski definition) is 2. The molecular formula is C19H21N3O6S2. The third kappa shape index (κ3) is 4.86. The number of hydrogen-bond acceptors (Lipinski definition) is 6. The highest BCUT2D eigenvalue weighted by Crippen LogP contribution is 2.23. The molecule has 1 aliphatic heterocycles. The molecule has 0 bridgehead atoms. The maximum Gasteiger partial charge on any atom is 0.264 e. The van der Waals surface area contributed by atoms with Crippen LogP contribution in [0.4, 0.5) is 5.69 Å². The summed E-state index contributed by atoms with van der Waals surface area (Å²) in [7, 11) is -8.09. The minimum atomic E-state index is -4.30. The molecule has 1 heterocycles. The van der Waals surface area contributed by atoms with Crippen molar-refractivity contribution in [2.45, 2.75) is 29.6 Å². The molecule has 160 valence electrons. The average molecular weight is 452 g/mol. The fourth-order valence-electron chi connectivity index (χ4n) is 3.03. The molecule has 0 unspecified atom stereocenters. The predicted molar refractivity (Wildman–Crippen MR) is 110 cm³/mol. The van der Waals surface area contributed by atoms with E-state index in [1.165, 1.54) is 53.7 Å². The lowest BCUT2D eigenvalue weighted by molar-refractivity contribution is -0.114. The van der Waals surface area contributed by atoms with Crippen molar-refractivity contribution < 1.29 is 26.4 Å². The van der Waals surface area contributed by atoms with Crippen LogP contribution in [0.1, 0.15) is 30.1 Å². The van der Waals surface area contributed by atoms with Crippen LogP contribution >= 0.6 is 0 Å². The van der Waals surface area contributed by atoms with Crippen molar-refractivity contribution in [1.29, 1.82) is 0 Å². The SMILES string of the molecule is CC(=O)Nc1ccc(C(=O)NS(=O)(=O)c2cccc(S(=O)(=O)N3CCCC3)c2)cc1. The third-order valence-corrected chi connectivity index (χ3v) is 7.74. The second-order valence-electron chi connectivity index (χ2n) is 6.78. The Hall–Kier alpha value is -2.76. The Labute approximate surface area is 175 Å². The number of nitrogens with zero attached hydrogens (tertiary/aromatic N) is 1. The van der Waals surface area contributed by atoms with E-state index in [2.05, 4.69) is 5.32 Å². The van der Waals surface area contributed by atoms with E-state index < -0.39 is 26.0 Å². The molecule has 11 heteroatoms. The summed E-state index contributed by atoms with van der Waals surface area (Å²) in [5, 5.41) is 2.54. The Bertz CT molecular complexity index is 1170. The van der Waals surface area contributed by atoms with Crippen molar-refractivity contribution in [3.63, 3.8) is 0 Å². The summed E-state index contributed by atoms with van der Waals surface area (Å²) >= 11 is 0. The highest BCUT2D eigenvalue weighted by atomic mass is 32.2. The molecule has 1 saturated heterocycles. The number of carbonyl (C=O) groups is 2. The van der Waals surface area contributed by atoms with Gasteiger partial charge in [0.25, 0.3) is 15.9 Å². The molecule has 30 heavy (non-hydrogen) atoms. The van der Waals surface area contributed by atoms with Gasteiger partial charge in [-0.05, 0) is 55.3 Å². The minimum Gasteiger partial charge on any atom is -0.326 e. The van der Waals surface area contributed by atoms with Gasteiger partial charge in [0.2, 0.25) is 15.9 Å². The van der Waals surface area contributed by atoms with Crippen LogP contribution in [0.15, 0.2) is 58.3 Å². The van der Waals surface area contributed by atoms with E-state index in [9.17, 15) is 26.4 Å². The van der Waals surface area contributed by atoms with E-state index in [4.69, 9.17) is 0 Å². The van der Waals surface area contributed by atoms with Crippen LogP contribution in [-0.2, 0) is 24.8 Å². The summed E-state index contributed by atoms with van der Waals surface area (Å²) in [5.74, 6) is -1.16. The molecule has 2 N–H and O–H groups in total. The number of rotatable bonds is 6. The Kier molecular flexibility index (Phi) is 6.25. The molecule has 1 fully saturated rings. The van der Waals surface area contributed by atoms with Gasteiger partial charge in [-0.2, -0.15) is 4.31 Å². The van der Waals surface area contributed by atoms with Gasteiger partial charge in [0, 0.05) is 31.3 Å². The zero-order valence-electron chi connectivity index (χ0n) is 16.2. The minimum absolute atomic E-state index is 0.0634. The smallest absolute Gasteiger partial charge is 0.264 e. The maximum atomic E-state index is 12.7. The van der Waals surface area contributed by atoms with E-state index >= 15 is 0 Å². The number of anilines is 1. The second-order valence-corrected chi connectivity index (χ2v) is 10.4. The van der Waals surface area contributed by atoms with Gasteiger partial charge in [-0.3, -0.25) is 9.59 Å². The summed E-state index contributed by atoms with van der Waals surface area (Å²) in [6.07, 6.45) is 1.52. The first kappa shape index (κ1) is 21.9. The average Bonchev–Trinajstić information content (AvgIpc) is 3.23. The Morgan fingerprint density at radius 1 is 0.900 bits per heavy atom. The van der Waals surface area contributed by atoms with Gasteiger partial charge in [0.05, 0.1) is 9.79 Å². The Morgan fingerprint density at radius 2 is 1.50 bits per heavy atom. The van der Waals surface area contributed by atoms with E-state index in [0.29, 0.717) is 18.8 Å². The maximum absolute atomic E-state index is 12.7. The van der Waals surface area contributed by atoms with Gasteiger partial charge < -0.3 is 5.32 Å². The molecule has 0 aliphatic carbocycles. The third-order valence-electron chi connectivity index (χ3n) is 4.51. The highest BCUT2D eigenvalue weighted by molar-refractivity contribution is 7.90. The standard InChI is InChI=1S/C19H21N3O6S2/c1-14(23)20-16-9-7-15(8-10-16)19(24)21-29(25,26)17-5-4-6-18(13-17)30(27,28)22-11-2-3-12-22/h4-10,13H,2-3,11-12H2,1H3,(H,20,23)(H,21,24). The van der Waals surface area contributed by atoms with Crippen LogP contribution < -0.4 is 10.0 Å². The van der Waals surface area contributed by atoms with Crippen molar-refractivity contribution in [2.24, 2.45) is 0 Å². The monoisotopic (exact) mass is 451 g/mol. The van der Waals surface area contributed by atoms with Crippen molar-refractivity contribution in [1.82, 2.24) is 9.03 Å². The summed E-state index contributed by atoms with van der Waals surface area (Å²) in [6.45, 7) is 2.13. The molecule has 0 spiro atoms. The quantitative estimate of drug-likeness (QED) is 0.685. The molecule has 2 amide bonds. The normalized spacial score (nSPS) is 15.0. The molecule has 2 aromatic rings. The van der Waals surface area contributed by atoms with Gasteiger partial charge in [-0.25, -0.2) is 21.6 Å². The van der Waals surface area contributed by atoms with E-state index in [1.807, 2.05) is 4.72 Å². The van der Waals surface area contributed by atoms with Gasteiger partial charge in [-0.15, -0.1) is 0 Å². The van der Waals surface area contributed by atoms with Crippen LogP contribution in [0.5, 0.6) is 0 Å². The number of sulfonamides is 2. The molecule has 0 radical (unpaired) electrons. The molecule has 1 aliphatic rings.